The molecule has 1 atom stereocenters. The van der Waals surface area contributed by atoms with Crippen LogP contribution in [0.3, 0.4) is 0 Å². The Labute approximate surface area is 186 Å². The fourth-order valence-electron chi connectivity index (χ4n) is 3.46. The average Bonchev–Trinajstić information content (AvgIpc) is 2.78. The zero-order chi connectivity index (χ0) is 22.5. The standard InChI is InChI=1S/C25H24N4O3/c1-17-14-21(20-10-4-7-13-24(20)32)27-25(28-26-15-18-8-2-5-11-22(18)30)29(17)16-19-9-3-6-12-23(19)31/h2-15,25,28,30-32H,16H2,1H3. The predicted octanol–water partition coefficient (Wildman–Crippen LogP) is 3.92. The van der Waals surface area contributed by atoms with Crippen LogP contribution in [-0.4, -0.2) is 38.4 Å². The number of nitrogens with one attached hydrogen (secondary N) is 1. The second-order valence-corrected chi connectivity index (χ2v) is 7.39. The smallest absolute Gasteiger partial charge is 0.212 e. The molecule has 7 heteroatoms. The van der Waals surface area contributed by atoms with Gasteiger partial charge in [0.05, 0.1) is 18.5 Å². The van der Waals surface area contributed by atoms with E-state index in [1.165, 1.54) is 6.21 Å². The van der Waals surface area contributed by atoms with Crippen LogP contribution in [0, 0.1) is 0 Å². The van der Waals surface area contributed by atoms with Gasteiger partial charge < -0.3 is 20.2 Å². The molecule has 1 aliphatic heterocycles. The van der Waals surface area contributed by atoms with Crippen molar-refractivity contribution in [3.63, 3.8) is 0 Å². The fraction of sp³-hybridized carbons (Fsp3) is 0.120. The summed E-state index contributed by atoms with van der Waals surface area (Å²) in [6.45, 7) is 2.34. The van der Waals surface area contributed by atoms with Crippen molar-refractivity contribution < 1.29 is 15.3 Å². The van der Waals surface area contributed by atoms with Crippen molar-refractivity contribution in [3.05, 3.63) is 101 Å². The van der Waals surface area contributed by atoms with Crippen LogP contribution in [0.1, 0.15) is 23.6 Å². The lowest BCUT2D eigenvalue weighted by Gasteiger charge is -2.34. The van der Waals surface area contributed by atoms with E-state index >= 15 is 0 Å². The van der Waals surface area contributed by atoms with E-state index in [0.717, 1.165) is 11.3 Å². The van der Waals surface area contributed by atoms with Gasteiger partial charge in [0, 0.05) is 22.4 Å². The van der Waals surface area contributed by atoms with Gasteiger partial charge in [-0.05, 0) is 43.3 Å². The highest BCUT2D eigenvalue weighted by atomic mass is 16.3. The molecule has 1 unspecified atom stereocenters. The maximum absolute atomic E-state index is 10.3. The molecule has 0 spiro atoms. The van der Waals surface area contributed by atoms with Crippen molar-refractivity contribution in [3.8, 4) is 17.2 Å². The Morgan fingerprint density at radius 3 is 2.28 bits per heavy atom. The van der Waals surface area contributed by atoms with E-state index < -0.39 is 6.29 Å². The van der Waals surface area contributed by atoms with Crippen molar-refractivity contribution in [1.29, 1.82) is 0 Å². The number of aliphatic imine (C=N–C) groups is 1. The minimum Gasteiger partial charge on any atom is -0.508 e. The zero-order valence-electron chi connectivity index (χ0n) is 17.6. The molecule has 0 fully saturated rings. The van der Waals surface area contributed by atoms with Crippen molar-refractivity contribution in [2.45, 2.75) is 19.8 Å². The molecule has 0 bridgehead atoms. The Balaban J connectivity index is 1.65. The summed E-state index contributed by atoms with van der Waals surface area (Å²) in [5.74, 6) is 0.468. The average molecular weight is 428 g/mol. The monoisotopic (exact) mass is 428 g/mol. The normalized spacial score (nSPS) is 16.0. The van der Waals surface area contributed by atoms with Crippen LogP contribution in [0.2, 0.25) is 0 Å². The SMILES string of the molecule is CC1=CC(c2ccccc2O)=NC(NN=Cc2ccccc2O)N1Cc1ccccc1O. The summed E-state index contributed by atoms with van der Waals surface area (Å²) < 4.78 is 0. The molecule has 3 aromatic rings. The minimum atomic E-state index is -0.601. The number of nitrogens with zero attached hydrogens (tertiary/aromatic N) is 3. The number of allylic oxidation sites excluding steroid dienone is 2. The molecule has 1 heterocycles. The lowest BCUT2D eigenvalue weighted by molar-refractivity contribution is 0.210. The lowest BCUT2D eigenvalue weighted by Crippen LogP contribution is -2.43. The van der Waals surface area contributed by atoms with Crippen LogP contribution in [0.5, 0.6) is 17.2 Å². The second-order valence-electron chi connectivity index (χ2n) is 7.39. The van der Waals surface area contributed by atoms with Gasteiger partial charge in [0.15, 0.2) is 0 Å². The van der Waals surface area contributed by atoms with E-state index in [2.05, 4.69) is 10.5 Å². The number of phenols is 3. The van der Waals surface area contributed by atoms with E-state index in [4.69, 9.17) is 4.99 Å². The largest absolute Gasteiger partial charge is 0.508 e. The van der Waals surface area contributed by atoms with E-state index in [9.17, 15) is 15.3 Å². The first-order valence-electron chi connectivity index (χ1n) is 10.2. The molecule has 0 aliphatic carbocycles. The summed E-state index contributed by atoms with van der Waals surface area (Å²) in [4.78, 5) is 6.72. The highest BCUT2D eigenvalue weighted by molar-refractivity contribution is 6.11. The topological polar surface area (TPSA) is 101 Å². The molecule has 0 saturated carbocycles. The number of benzene rings is 3. The Hall–Kier alpha value is -4.26. The Morgan fingerprint density at radius 1 is 0.906 bits per heavy atom. The Bertz CT molecular complexity index is 1200. The number of phenolic OH excluding ortho intramolecular Hbond substituents is 3. The summed E-state index contributed by atoms with van der Waals surface area (Å²) in [6.07, 6.45) is 2.81. The summed E-state index contributed by atoms with van der Waals surface area (Å²) in [5, 5.41) is 34.8. The third-order valence-electron chi connectivity index (χ3n) is 5.20. The first-order valence-corrected chi connectivity index (χ1v) is 10.2. The summed E-state index contributed by atoms with van der Waals surface area (Å²) in [5.41, 5.74) is 6.46. The second kappa shape index (κ2) is 9.26. The fourth-order valence-corrected chi connectivity index (χ4v) is 3.46. The molecule has 7 nitrogen and oxygen atoms in total. The minimum absolute atomic E-state index is 0.127. The Morgan fingerprint density at radius 2 is 1.56 bits per heavy atom. The highest BCUT2D eigenvalue weighted by Gasteiger charge is 2.25. The van der Waals surface area contributed by atoms with Crippen molar-refractivity contribution in [1.82, 2.24) is 10.3 Å². The molecule has 32 heavy (non-hydrogen) atoms. The number of aromatic hydroxyl groups is 3. The van der Waals surface area contributed by atoms with Crippen LogP contribution in [0.4, 0.5) is 0 Å². The molecule has 162 valence electrons. The number of hydrogen-bond donors (Lipinski definition) is 4. The van der Waals surface area contributed by atoms with E-state index in [0.29, 0.717) is 23.4 Å². The molecule has 0 saturated heterocycles. The van der Waals surface area contributed by atoms with Gasteiger partial charge in [0.1, 0.15) is 17.2 Å². The zero-order valence-corrected chi connectivity index (χ0v) is 17.6. The lowest BCUT2D eigenvalue weighted by atomic mass is 10.1. The quantitative estimate of drug-likeness (QED) is 0.352. The maximum atomic E-state index is 10.3. The Kier molecular flexibility index (Phi) is 6.07. The molecule has 4 rings (SSSR count). The molecule has 0 amide bonds. The van der Waals surface area contributed by atoms with Crippen LogP contribution >= 0.6 is 0 Å². The van der Waals surface area contributed by atoms with Gasteiger partial charge in [0.25, 0.3) is 0 Å². The van der Waals surface area contributed by atoms with E-state index in [1.807, 2.05) is 42.2 Å². The van der Waals surface area contributed by atoms with Crippen LogP contribution < -0.4 is 5.43 Å². The van der Waals surface area contributed by atoms with Crippen LogP contribution in [-0.2, 0) is 6.54 Å². The third-order valence-corrected chi connectivity index (χ3v) is 5.20. The predicted molar refractivity (Wildman–Crippen MR) is 125 cm³/mol. The molecule has 4 N–H and O–H groups in total. The number of hydrazone groups is 1. The van der Waals surface area contributed by atoms with Gasteiger partial charge in [-0.2, -0.15) is 5.10 Å². The van der Waals surface area contributed by atoms with Gasteiger partial charge >= 0.3 is 0 Å². The molecular weight excluding hydrogens is 404 g/mol. The highest BCUT2D eigenvalue weighted by Crippen LogP contribution is 2.27. The number of para-hydroxylation sites is 3. The summed E-state index contributed by atoms with van der Waals surface area (Å²) in [6, 6.07) is 21.1. The first kappa shape index (κ1) is 21.0. The molecule has 1 aliphatic rings. The first-order chi connectivity index (χ1) is 15.5. The van der Waals surface area contributed by atoms with Crippen molar-refractivity contribution in [2.24, 2.45) is 10.1 Å². The van der Waals surface area contributed by atoms with Gasteiger partial charge in [0.2, 0.25) is 6.29 Å². The number of rotatable bonds is 6. The number of hydrogen-bond acceptors (Lipinski definition) is 7. The van der Waals surface area contributed by atoms with E-state index in [-0.39, 0.29) is 17.2 Å². The van der Waals surface area contributed by atoms with Gasteiger partial charge in [-0.3, -0.25) is 5.43 Å². The molecular formula is C25H24N4O3. The maximum Gasteiger partial charge on any atom is 0.212 e. The van der Waals surface area contributed by atoms with Crippen molar-refractivity contribution in [2.75, 3.05) is 0 Å². The van der Waals surface area contributed by atoms with Crippen LogP contribution in [0.15, 0.2) is 94.7 Å². The van der Waals surface area contributed by atoms with Gasteiger partial charge in [-0.1, -0.05) is 42.5 Å². The summed E-state index contributed by atoms with van der Waals surface area (Å²) >= 11 is 0. The van der Waals surface area contributed by atoms with Gasteiger partial charge in [-0.15, -0.1) is 0 Å². The molecule has 0 radical (unpaired) electrons. The molecule has 0 aromatic heterocycles. The van der Waals surface area contributed by atoms with E-state index in [1.54, 1.807) is 48.5 Å². The van der Waals surface area contributed by atoms with Gasteiger partial charge in [-0.25, -0.2) is 4.99 Å². The summed E-state index contributed by atoms with van der Waals surface area (Å²) in [7, 11) is 0. The van der Waals surface area contributed by atoms with Crippen LogP contribution in [0.25, 0.3) is 0 Å². The third kappa shape index (κ3) is 4.57. The molecule has 3 aromatic carbocycles. The van der Waals surface area contributed by atoms with Crippen molar-refractivity contribution >= 4 is 11.9 Å².